The highest BCUT2D eigenvalue weighted by molar-refractivity contribution is 5.85. The van der Waals surface area contributed by atoms with E-state index in [9.17, 15) is 9.59 Å². The Bertz CT molecular complexity index is 298. The Hall–Kier alpha value is -1.30. The summed E-state index contributed by atoms with van der Waals surface area (Å²) >= 11 is 0. The van der Waals surface area contributed by atoms with Crippen molar-refractivity contribution in [2.24, 2.45) is 0 Å². The van der Waals surface area contributed by atoms with Gasteiger partial charge in [0.25, 0.3) is 0 Å². The third-order valence-electron chi connectivity index (χ3n) is 3.22. The second kappa shape index (κ2) is 5.35. The highest BCUT2D eigenvalue weighted by Gasteiger charge is 2.35. The lowest BCUT2D eigenvalue weighted by atomic mass is 10.0. The van der Waals surface area contributed by atoms with Crippen molar-refractivity contribution < 1.29 is 19.4 Å². The van der Waals surface area contributed by atoms with E-state index in [1.54, 1.807) is 0 Å². The van der Waals surface area contributed by atoms with Gasteiger partial charge in [-0.05, 0) is 26.7 Å². The molecule has 98 valence electrons. The van der Waals surface area contributed by atoms with E-state index in [-0.39, 0.29) is 12.1 Å². The molecule has 1 aliphatic rings. The van der Waals surface area contributed by atoms with Crippen LogP contribution in [-0.2, 0) is 9.53 Å². The summed E-state index contributed by atoms with van der Waals surface area (Å²) in [5.74, 6) is -1.03. The first kappa shape index (κ1) is 13.8. The Morgan fingerprint density at radius 2 is 1.88 bits per heavy atom. The number of carbonyl (C=O) groups is 2. The number of carbonyl (C=O) groups excluding carboxylic acids is 1. The summed E-state index contributed by atoms with van der Waals surface area (Å²) in [6.45, 7) is 4.27. The molecule has 0 aromatic rings. The predicted octanol–water partition coefficient (Wildman–Crippen LogP) is 0.670. The van der Waals surface area contributed by atoms with Gasteiger partial charge < -0.3 is 20.1 Å². The van der Waals surface area contributed by atoms with Crippen molar-refractivity contribution in [2.75, 3.05) is 20.3 Å². The second-order valence-electron chi connectivity index (χ2n) is 4.76. The number of carboxylic acid groups (broad SMARTS) is 1. The van der Waals surface area contributed by atoms with E-state index in [4.69, 9.17) is 9.84 Å². The van der Waals surface area contributed by atoms with E-state index >= 15 is 0 Å². The van der Waals surface area contributed by atoms with Crippen molar-refractivity contribution in [2.45, 2.75) is 38.3 Å². The molecule has 1 rings (SSSR count). The molecule has 2 amide bonds. The summed E-state index contributed by atoms with van der Waals surface area (Å²) in [7, 11) is 1.49. The third kappa shape index (κ3) is 3.33. The maximum absolute atomic E-state index is 11.9. The number of amides is 2. The van der Waals surface area contributed by atoms with Crippen LogP contribution in [0.15, 0.2) is 0 Å². The van der Waals surface area contributed by atoms with Gasteiger partial charge in [0.1, 0.15) is 5.54 Å². The molecule has 1 heterocycles. The largest absolute Gasteiger partial charge is 0.480 e. The van der Waals surface area contributed by atoms with Crippen molar-refractivity contribution in [1.82, 2.24) is 10.2 Å². The molecule has 2 N–H and O–H groups in total. The number of nitrogens with zero attached hydrogens (tertiary/aromatic N) is 1. The van der Waals surface area contributed by atoms with Gasteiger partial charge in [-0.2, -0.15) is 0 Å². The lowest BCUT2D eigenvalue weighted by Gasteiger charge is -2.33. The first-order chi connectivity index (χ1) is 7.85. The zero-order valence-electron chi connectivity index (χ0n) is 10.5. The molecule has 17 heavy (non-hydrogen) atoms. The fourth-order valence-electron chi connectivity index (χ4n) is 1.51. The highest BCUT2D eigenvalue weighted by atomic mass is 16.5. The maximum atomic E-state index is 11.9. The van der Waals surface area contributed by atoms with Crippen LogP contribution in [0.2, 0.25) is 0 Å². The first-order valence-electron chi connectivity index (χ1n) is 5.71. The number of aliphatic carboxylic acids is 1. The number of hydrogen-bond donors (Lipinski definition) is 2. The molecule has 0 aromatic heterocycles. The molecular weight excluding hydrogens is 224 g/mol. The molecule has 6 heteroatoms. The molecule has 0 radical (unpaired) electrons. The normalized spacial score (nSPS) is 17.6. The van der Waals surface area contributed by atoms with E-state index in [0.29, 0.717) is 13.2 Å². The topological polar surface area (TPSA) is 78.9 Å². The SMILES string of the molecule is CN(C(=O)NC1CCOCC1)C(C)(C)C(=O)O. The summed E-state index contributed by atoms with van der Waals surface area (Å²) < 4.78 is 5.19. The quantitative estimate of drug-likeness (QED) is 0.764. The summed E-state index contributed by atoms with van der Waals surface area (Å²) in [5, 5.41) is 11.8. The average molecular weight is 244 g/mol. The summed E-state index contributed by atoms with van der Waals surface area (Å²) in [6.07, 6.45) is 1.54. The van der Waals surface area contributed by atoms with Gasteiger partial charge in [-0.25, -0.2) is 9.59 Å². The van der Waals surface area contributed by atoms with Gasteiger partial charge in [0.2, 0.25) is 0 Å². The molecule has 0 bridgehead atoms. The van der Waals surface area contributed by atoms with Crippen molar-refractivity contribution in [1.29, 1.82) is 0 Å². The first-order valence-corrected chi connectivity index (χ1v) is 5.71. The minimum absolute atomic E-state index is 0.0725. The fraction of sp³-hybridized carbons (Fsp3) is 0.818. The Balaban J connectivity index is 2.54. The predicted molar refractivity (Wildman–Crippen MR) is 61.9 cm³/mol. The van der Waals surface area contributed by atoms with Crippen LogP contribution >= 0.6 is 0 Å². The third-order valence-corrected chi connectivity index (χ3v) is 3.22. The number of nitrogens with one attached hydrogen (secondary N) is 1. The van der Waals surface area contributed by atoms with E-state index in [1.165, 1.54) is 25.8 Å². The zero-order chi connectivity index (χ0) is 13.1. The van der Waals surface area contributed by atoms with Gasteiger partial charge in [-0.15, -0.1) is 0 Å². The van der Waals surface area contributed by atoms with Crippen LogP contribution in [0.4, 0.5) is 4.79 Å². The van der Waals surface area contributed by atoms with Crippen molar-refractivity contribution in [3.8, 4) is 0 Å². The molecule has 0 saturated carbocycles. The zero-order valence-corrected chi connectivity index (χ0v) is 10.5. The van der Waals surface area contributed by atoms with Crippen molar-refractivity contribution in [3.63, 3.8) is 0 Å². The summed E-state index contributed by atoms with van der Waals surface area (Å²) in [4.78, 5) is 24.1. The molecule has 1 fully saturated rings. The monoisotopic (exact) mass is 244 g/mol. The smallest absolute Gasteiger partial charge is 0.329 e. The Morgan fingerprint density at radius 1 is 1.35 bits per heavy atom. The number of likely N-dealkylation sites (N-methyl/N-ethyl adjacent to an activating group) is 1. The van der Waals surface area contributed by atoms with Crippen LogP contribution in [0, 0.1) is 0 Å². The van der Waals surface area contributed by atoms with Gasteiger partial charge in [0.05, 0.1) is 0 Å². The van der Waals surface area contributed by atoms with Crippen molar-refractivity contribution in [3.05, 3.63) is 0 Å². The van der Waals surface area contributed by atoms with Crippen LogP contribution in [-0.4, -0.2) is 53.8 Å². The van der Waals surface area contributed by atoms with E-state index < -0.39 is 11.5 Å². The molecule has 1 saturated heterocycles. The number of ether oxygens (including phenoxy) is 1. The van der Waals surface area contributed by atoms with Crippen molar-refractivity contribution >= 4 is 12.0 Å². The molecule has 0 atom stereocenters. The summed E-state index contributed by atoms with van der Waals surface area (Å²) in [6, 6.07) is -0.285. The van der Waals surface area contributed by atoms with Gasteiger partial charge in [0, 0.05) is 26.3 Å². The molecule has 0 unspecified atom stereocenters. The number of urea groups is 1. The van der Waals surface area contributed by atoms with Gasteiger partial charge in [-0.1, -0.05) is 0 Å². The lowest BCUT2D eigenvalue weighted by Crippen LogP contribution is -2.56. The van der Waals surface area contributed by atoms with Gasteiger partial charge in [0.15, 0.2) is 0 Å². The molecule has 6 nitrogen and oxygen atoms in total. The number of carboxylic acids is 1. The Labute approximate surface area is 101 Å². The number of hydrogen-bond acceptors (Lipinski definition) is 3. The van der Waals surface area contributed by atoms with Crippen LogP contribution in [0.5, 0.6) is 0 Å². The van der Waals surface area contributed by atoms with E-state index in [2.05, 4.69) is 5.32 Å². The van der Waals surface area contributed by atoms with Crippen LogP contribution in [0.25, 0.3) is 0 Å². The number of rotatable bonds is 3. The maximum Gasteiger partial charge on any atom is 0.329 e. The second-order valence-corrected chi connectivity index (χ2v) is 4.76. The minimum atomic E-state index is -1.21. The molecule has 0 spiro atoms. The van der Waals surface area contributed by atoms with Gasteiger partial charge >= 0.3 is 12.0 Å². The average Bonchev–Trinajstić information content (AvgIpc) is 2.29. The fourth-order valence-corrected chi connectivity index (χ4v) is 1.51. The molecular formula is C11H20N2O4. The Kier molecular flexibility index (Phi) is 4.34. The standard InChI is InChI=1S/C11H20N2O4/c1-11(2,9(14)15)13(3)10(16)12-8-4-6-17-7-5-8/h8H,4-7H2,1-3H3,(H,12,16)(H,14,15). The molecule has 0 aliphatic carbocycles. The van der Waals surface area contributed by atoms with Crippen LogP contribution < -0.4 is 5.32 Å². The minimum Gasteiger partial charge on any atom is -0.480 e. The molecule has 0 aromatic carbocycles. The van der Waals surface area contributed by atoms with E-state index in [0.717, 1.165) is 12.8 Å². The van der Waals surface area contributed by atoms with Gasteiger partial charge in [-0.3, -0.25) is 0 Å². The summed E-state index contributed by atoms with van der Waals surface area (Å²) in [5.41, 5.74) is -1.21. The highest BCUT2D eigenvalue weighted by Crippen LogP contribution is 2.14. The van der Waals surface area contributed by atoms with E-state index in [1.807, 2.05) is 0 Å². The van der Waals surface area contributed by atoms with Crippen LogP contribution in [0.1, 0.15) is 26.7 Å². The Morgan fingerprint density at radius 3 is 2.35 bits per heavy atom. The molecule has 1 aliphatic heterocycles. The lowest BCUT2D eigenvalue weighted by molar-refractivity contribution is -0.146. The van der Waals surface area contributed by atoms with Crippen LogP contribution in [0.3, 0.4) is 0 Å².